The van der Waals surface area contributed by atoms with E-state index >= 15 is 0 Å². The summed E-state index contributed by atoms with van der Waals surface area (Å²) in [5, 5.41) is 12.4. The molecule has 0 aliphatic rings. The summed E-state index contributed by atoms with van der Waals surface area (Å²) in [5.41, 5.74) is -1.78. The lowest BCUT2D eigenvalue weighted by molar-refractivity contribution is 0.00351. The zero-order valence-corrected chi connectivity index (χ0v) is 13.3. The summed E-state index contributed by atoms with van der Waals surface area (Å²) in [7, 11) is 0. The third-order valence-electron chi connectivity index (χ3n) is 3.80. The summed E-state index contributed by atoms with van der Waals surface area (Å²) in [6.07, 6.45) is -1.57. The minimum atomic E-state index is -2.22. The van der Waals surface area contributed by atoms with Crippen LogP contribution in [0.2, 0.25) is 0 Å². The number of amides is 1. The first kappa shape index (κ1) is 18.0. The van der Waals surface area contributed by atoms with Crippen LogP contribution in [0.25, 0.3) is 0 Å². The van der Waals surface area contributed by atoms with Gasteiger partial charge in [0.05, 0.1) is 12.1 Å². The van der Waals surface area contributed by atoms with Crippen LogP contribution in [0.15, 0.2) is 42.5 Å². The van der Waals surface area contributed by atoms with Crippen molar-refractivity contribution in [1.82, 2.24) is 5.32 Å². The predicted molar refractivity (Wildman–Crippen MR) is 84.3 cm³/mol. The Morgan fingerprint density at radius 2 is 1.83 bits per heavy atom. The van der Waals surface area contributed by atoms with Crippen LogP contribution in [-0.2, 0) is 0 Å². The number of carbonyl (C=O) groups is 1. The molecule has 0 heterocycles. The molecule has 0 spiro atoms. The molecule has 0 bridgehead atoms. The van der Waals surface area contributed by atoms with E-state index in [1.807, 2.05) is 0 Å². The number of benzene rings is 2. The fourth-order valence-corrected chi connectivity index (χ4v) is 2.35. The maximum atomic E-state index is 14.7. The highest BCUT2D eigenvalue weighted by molar-refractivity contribution is 5.95. The van der Waals surface area contributed by atoms with Crippen molar-refractivity contribution in [3.63, 3.8) is 0 Å². The largest absolute Gasteiger partial charge is 0.385 e. The zero-order chi connectivity index (χ0) is 17.9. The molecule has 2 N–H and O–H groups in total. The van der Waals surface area contributed by atoms with Crippen LogP contribution in [0, 0.1) is 18.6 Å². The molecule has 0 radical (unpaired) electrons. The quantitative estimate of drug-likeness (QED) is 0.878. The molecule has 3 nitrogen and oxygen atoms in total. The van der Waals surface area contributed by atoms with Gasteiger partial charge in [0.2, 0.25) is 0 Å². The van der Waals surface area contributed by atoms with Gasteiger partial charge in [-0.2, -0.15) is 0 Å². The highest BCUT2D eigenvalue weighted by Gasteiger charge is 2.35. The molecule has 0 saturated heterocycles. The van der Waals surface area contributed by atoms with E-state index in [1.54, 1.807) is 13.0 Å². The minimum Gasteiger partial charge on any atom is -0.385 e. The van der Waals surface area contributed by atoms with E-state index in [0.717, 1.165) is 25.1 Å². The molecule has 2 aromatic rings. The number of aliphatic hydroxyl groups excluding tert-OH is 1. The first-order valence-corrected chi connectivity index (χ1v) is 7.38. The van der Waals surface area contributed by atoms with Gasteiger partial charge in [0.25, 0.3) is 5.91 Å². The fourth-order valence-electron chi connectivity index (χ4n) is 2.35. The third kappa shape index (κ3) is 3.94. The second-order valence-corrected chi connectivity index (χ2v) is 5.85. The molecule has 0 aliphatic heterocycles. The van der Waals surface area contributed by atoms with Gasteiger partial charge in [0.15, 0.2) is 5.67 Å². The Labute approximate surface area is 138 Å². The van der Waals surface area contributed by atoms with Crippen molar-refractivity contribution in [2.75, 3.05) is 6.54 Å². The van der Waals surface area contributed by atoms with E-state index in [4.69, 9.17) is 0 Å². The van der Waals surface area contributed by atoms with E-state index in [1.165, 1.54) is 18.2 Å². The Kier molecular flexibility index (Phi) is 5.29. The summed E-state index contributed by atoms with van der Waals surface area (Å²) in [6, 6.07) is 8.93. The standard InChI is InChI=1S/C18H18F3NO2/c1-11-4-3-5-14(20)15(11)17(24)22-10-18(2,21)16(23)12-6-8-13(19)9-7-12/h3-9,16,23H,10H2,1-2H3,(H,22,24)/t16-,18+/m1/s1. The van der Waals surface area contributed by atoms with Crippen LogP contribution in [0.4, 0.5) is 13.2 Å². The first-order chi connectivity index (χ1) is 11.2. The Bertz CT molecular complexity index is 709. The van der Waals surface area contributed by atoms with Crippen LogP contribution in [0.1, 0.15) is 34.5 Å². The van der Waals surface area contributed by atoms with Crippen LogP contribution < -0.4 is 5.32 Å². The number of nitrogens with one attached hydrogen (secondary N) is 1. The normalized spacial score (nSPS) is 14.8. The number of rotatable bonds is 5. The average Bonchev–Trinajstić information content (AvgIpc) is 2.53. The van der Waals surface area contributed by atoms with Crippen molar-refractivity contribution in [2.24, 2.45) is 0 Å². The Balaban J connectivity index is 2.09. The lowest BCUT2D eigenvalue weighted by Crippen LogP contribution is -2.42. The first-order valence-electron chi connectivity index (χ1n) is 7.38. The van der Waals surface area contributed by atoms with Crippen LogP contribution in [0.3, 0.4) is 0 Å². The van der Waals surface area contributed by atoms with Crippen molar-refractivity contribution in [3.05, 3.63) is 70.8 Å². The summed E-state index contributed by atoms with van der Waals surface area (Å²) >= 11 is 0. The van der Waals surface area contributed by atoms with E-state index < -0.39 is 35.9 Å². The molecule has 0 aromatic heterocycles. The molecule has 2 atom stereocenters. The SMILES string of the molecule is Cc1cccc(F)c1C(=O)NC[C@](C)(F)[C@H](O)c1ccc(F)cc1. The van der Waals surface area contributed by atoms with Gasteiger partial charge in [-0.3, -0.25) is 4.79 Å². The molecule has 2 aromatic carbocycles. The van der Waals surface area contributed by atoms with Gasteiger partial charge in [-0.1, -0.05) is 24.3 Å². The molecule has 0 unspecified atom stereocenters. The molecule has 0 fully saturated rings. The summed E-state index contributed by atoms with van der Waals surface area (Å²) in [6.45, 7) is 2.15. The highest BCUT2D eigenvalue weighted by atomic mass is 19.1. The summed E-state index contributed by atoms with van der Waals surface area (Å²) < 4.78 is 41.3. The van der Waals surface area contributed by atoms with E-state index in [0.29, 0.717) is 5.56 Å². The van der Waals surface area contributed by atoms with Crippen molar-refractivity contribution < 1.29 is 23.1 Å². The maximum absolute atomic E-state index is 14.7. The average molecular weight is 337 g/mol. The van der Waals surface area contributed by atoms with Gasteiger partial charge in [-0.05, 0) is 43.2 Å². The Morgan fingerprint density at radius 1 is 1.21 bits per heavy atom. The lowest BCUT2D eigenvalue weighted by atomic mass is 9.94. The highest BCUT2D eigenvalue weighted by Crippen LogP contribution is 2.29. The summed E-state index contributed by atoms with van der Waals surface area (Å²) in [5.74, 6) is -1.97. The van der Waals surface area contributed by atoms with Gasteiger partial charge >= 0.3 is 0 Å². The summed E-state index contributed by atoms with van der Waals surface area (Å²) in [4.78, 5) is 12.1. The molecule has 2 rings (SSSR count). The zero-order valence-electron chi connectivity index (χ0n) is 13.3. The van der Waals surface area contributed by atoms with Crippen molar-refractivity contribution >= 4 is 5.91 Å². The van der Waals surface area contributed by atoms with Gasteiger partial charge in [-0.15, -0.1) is 0 Å². The molecular formula is C18H18F3NO2. The molecule has 0 aliphatic carbocycles. The van der Waals surface area contributed by atoms with Gasteiger partial charge in [0, 0.05) is 0 Å². The van der Waals surface area contributed by atoms with Gasteiger partial charge in [0.1, 0.15) is 17.7 Å². The topological polar surface area (TPSA) is 49.3 Å². The van der Waals surface area contributed by atoms with Crippen molar-refractivity contribution in [2.45, 2.75) is 25.6 Å². The number of alkyl halides is 1. The van der Waals surface area contributed by atoms with Crippen LogP contribution in [-0.4, -0.2) is 23.2 Å². The number of carbonyl (C=O) groups excluding carboxylic acids is 1. The van der Waals surface area contributed by atoms with E-state index in [-0.39, 0.29) is 11.1 Å². The lowest BCUT2D eigenvalue weighted by Gasteiger charge is -2.27. The van der Waals surface area contributed by atoms with Crippen LogP contribution in [0.5, 0.6) is 0 Å². The fraction of sp³-hybridized carbons (Fsp3) is 0.278. The second-order valence-electron chi connectivity index (χ2n) is 5.85. The van der Waals surface area contributed by atoms with Gasteiger partial charge < -0.3 is 10.4 Å². The molecule has 6 heteroatoms. The second kappa shape index (κ2) is 7.05. The smallest absolute Gasteiger partial charge is 0.254 e. The minimum absolute atomic E-state index is 0.162. The molecule has 0 saturated carbocycles. The van der Waals surface area contributed by atoms with E-state index in [9.17, 15) is 23.1 Å². The Hall–Kier alpha value is -2.34. The van der Waals surface area contributed by atoms with Crippen LogP contribution >= 0.6 is 0 Å². The van der Waals surface area contributed by atoms with Crippen molar-refractivity contribution in [1.29, 1.82) is 0 Å². The molecule has 128 valence electrons. The number of aryl methyl sites for hydroxylation is 1. The third-order valence-corrected chi connectivity index (χ3v) is 3.80. The predicted octanol–water partition coefficient (Wildman–Crippen LogP) is 3.46. The maximum Gasteiger partial charge on any atom is 0.254 e. The molecule has 24 heavy (non-hydrogen) atoms. The van der Waals surface area contributed by atoms with Crippen molar-refractivity contribution in [3.8, 4) is 0 Å². The van der Waals surface area contributed by atoms with E-state index in [2.05, 4.69) is 5.32 Å². The number of hydrogen-bond acceptors (Lipinski definition) is 2. The van der Waals surface area contributed by atoms with Gasteiger partial charge in [-0.25, -0.2) is 13.2 Å². The molecular weight excluding hydrogens is 319 g/mol. The number of hydrogen-bond donors (Lipinski definition) is 2. The number of aliphatic hydroxyl groups is 1. The number of halogens is 3. The molecule has 1 amide bonds. The monoisotopic (exact) mass is 337 g/mol. The Morgan fingerprint density at radius 3 is 2.42 bits per heavy atom.